The highest BCUT2D eigenvalue weighted by atomic mass is 32.2. The number of rotatable bonds is 2. The smallest absolute Gasteiger partial charge is 0.410 e. The SMILES string of the molecule is Cc1ccc(O)c(S(=O)(=O)N2CCN(C(=O)OC(C)(C)C)CC2)c1. The Hall–Kier alpha value is -1.80. The summed E-state index contributed by atoms with van der Waals surface area (Å²) in [4.78, 5) is 13.4. The molecule has 0 aliphatic carbocycles. The number of hydrogen-bond acceptors (Lipinski definition) is 5. The maximum absolute atomic E-state index is 12.7. The van der Waals surface area contributed by atoms with Gasteiger partial charge in [0.15, 0.2) is 0 Å². The van der Waals surface area contributed by atoms with Gasteiger partial charge >= 0.3 is 6.09 Å². The first-order valence-corrected chi connectivity index (χ1v) is 9.22. The zero-order chi connectivity index (χ0) is 18.1. The number of hydrogen-bond donors (Lipinski definition) is 1. The predicted octanol–water partition coefficient (Wildman–Crippen LogP) is 1.94. The standard InChI is InChI=1S/C16H24N2O5S/c1-12-5-6-13(19)14(11-12)24(21,22)18-9-7-17(8-10-18)15(20)23-16(2,3)4/h5-6,11,19H,7-10H2,1-4H3. The van der Waals surface area contributed by atoms with Crippen molar-refractivity contribution in [3.8, 4) is 5.75 Å². The van der Waals surface area contributed by atoms with Crippen molar-refractivity contribution in [2.24, 2.45) is 0 Å². The Morgan fingerprint density at radius 2 is 1.75 bits per heavy atom. The molecule has 0 radical (unpaired) electrons. The largest absolute Gasteiger partial charge is 0.507 e. The summed E-state index contributed by atoms with van der Waals surface area (Å²) in [6.07, 6.45) is -0.446. The topological polar surface area (TPSA) is 87.2 Å². The van der Waals surface area contributed by atoms with Gasteiger partial charge in [0.2, 0.25) is 10.0 Å². The van der Waals surface area contributed by atoms with E-state index in [1.807, 2.05) is 0 Å². The van der Waals surface area contributed by atoms with Gasteiger partial charge in [-0.2, -0.15) is 4.31 Å². The summed E-state index contributed by atoms with van der Waals surface area (Å²) in [5.74, 6) is -0.268. The molecule has 0 unspecified atom stereocenters. The van der Waals surface area contributed by atoms with Crippen LogP contribution in [0, 0.1) is 6.92 Å². The van der Waals surface area contributed by atoms with Crippen LogP contribution < -0.4 is 0 Å². The fraction of sp³-hybridized carbons (Fsp3) is 0.562. The van der Waals surface area contributed by atoms with Crippen LogP contribution in [-0.4, -0.2) is 60.6 Å². The molecule has 24 heavy (non-hydrogen) atoms. The van der Waals surface area contributed by atoms with Gasteiger partial charge < -0.3 is 14.7 Å². The van der Waals surface area contributed by atoms with Crippen molar-refractivity contribution < 1.29 is 23.1 Å². The molecule has 1 aliphatic rings. The first-order chi connectivity index (χ1) is 11.0. The molecule has 1 aromatic carbocycles. The average Bonchev–Trinajstić information content (AvgIpc) is 2.48. The van der Waals surface area contributed by atoms with Crippen LogP contribution in [0.5, 0.6) is 5.75 Å². The minimum absolute atomic E-state index is 0.104. The second-order valence-corrected chi connectivity index (χ2v) is 8.75. The van der Waals surface area contributed by atoms with Gasteiger partial charge in [-0.25, -0.2) is 13.2 Å². The molecule has 7 nitrogen and oxygen atoms in total. The molecule has 1 saturated heterocycles. The third kappa shape index (κ3) is 4.18. The average molecular weight is 356 g/mol. The first-order valence-electron chi connectivity index (χ1n) is 7.78. The van der Waals surface area contributed by atoms with Crippen LogP contribution in [0.4, 0.5) is 4.79 Å². The molecule has 1 aromatic rings. The molecular formula is C16H24N2O5S. The van der Waals surface area contributed by atoms with Crippen LogP contribution in [0.2, 0.25) is 0 Å². The number of carbonyl (C=O) groups is 1. The lowest BCUT2D eigenvalue weighted by molar-refractivity contribution is 0.0192. The number of ether oxygens (including phenoxy) is 1. The number of amides is 1. The fourth-order valence-electron chi connectivity index (χ4n) is 2.40. The van der Waals surface area contributed by atoms with E-state index in [2.05, 4.69) is 0 Å². The van der Waals surface area contributed by atoms with E-state index in [9.17, 15) is 18.3 Å². The number of phenols is 1. The molecule has 1 heterocycles. The van der Waals surface area contributed by atoms with Gasteiger partial charge in [-0.05, 0) is 45.4 Å². The molecule has 0 bridgehead atoms. The highest BCUT2D eigenvalue weighted by Gasteiger charge is 2.33. The molecule has 0 saturated carbocycles. The van der Waals surface area contributed by atoms with E-state index in [0.717, 1.165) is 5.56 Å². The third-order valence-corrected chi connectivity index (χ3v) is 5.55. The van der Waals surface area contributed by atoms with Crippen molar-refractivity contribution in [2.45, 2.75) is 38.2 Å². The van der Waals surface area contributed by atoms with Crippen LogP contribution in [0.3, 0.4) is 0 Å². The lowest BCUT2D eigenvalue weighted by Crippen LogP contribution is -2.51. The normalized spacial score (nSPS) is 16.9. The van der Waals surface area contributed by atoms with Crippen molar-refractivity contribution in [3.05, 3.63) is 23.8 Å². The zero-order valence-electron chi connectivity index (χ0n) is 14.4. The van der Waals surface area contributed by atoms with E-state index in [1.54, 1.807) is 33.8 Å². The van der Waals surface area contributed by atoms with E-state index < -0.39 is 21.7 Å². The van der Waals surface area contributed by atoms with E-state index in [-0.39, 0.29) is 36.8 Å². The van der Waals surface area contributed by atoms with Crippen LogP contribution in [0.15, 0.2) is 23.1 Å². The summed E-state index contributed by atoms with van der Waals surface area (Å²) in [6, 6.07) is 4.47. The Balaban J connectivity index is 2.09. The number of phenolic OH excluding ortho intramolecular Hbond substituents is 1. The highest BCUT2D eigenvalue weighted by molar-refractivity contribution is 7.89. The summed E-state index contributed by atoms with van der Waals surface area (Å²) in [7, 11) is -3.79. The molecule has 1 N–H and O–H groups in total. The van der Waals surface area contributed by atoms with Crippen molar-refractivity contribution in [1.82, 2.24) is 9.21 Å². The second kappa shape index (κ2) is 6.60. The van der Waals surface area contributed by atoms with Gasteiger partial charge in [-0.1, -0.05) is 6.07 Å². The lowest BCUT2D eigenvalue weighted by Gasteiger charge is -2.35. The molecule has 0 spiro atoms. The van der Waals surface area contributed by atoms with E-state index in [1.165, 1.54) is 21.3 Å². The Morgan fingerprint density at radius 1 is 1.17 bits per heavy atom. The first kappa shape index (κ1) is 18.5. The van der Waals surface area contributed by atoms with E-state index in [4.69, 9.17) is 4.74 Å². The summed E-state index contributed by atoms with van der Waals surface area (Å²) < 4.78 is 32.0. The Bertz CT molecular complexity index is 716. The van der Waals surface area contributed by atoms with Gasteiger partial charge in [0.1, 0.15) is 16.2 Å². The summed E-state index contributed by atoms with van der Waals surface area (Å²) in [5, 5.41) is 9.88. The van der Waals surface area contributed by atoms with E-state index >= 15 is 0 Å². The van der Waals surface area contributed by atoms with Crippen LogP contribution >= 0.6 is 0 Å². The van der Waals surface area contributed by atoms with Crippen molar-refractivity contribution in [2.75, 3.05) is 26.2 Å². The maximum atomic E-state index is 12.7. The minimum Gasteiger partial charge on any atom is -0.507 e. The molecule has 1 fully saturated rings. The molecule has 2 rings (SSSR count). The molecule has 1 aliphatic heterocycles. The van der Waals surface area contributed by atoms with Crippen LogP contribution in [0.1, 0.15) is 26.3 Å². The third-order valence-electron chi connectivity index (χ3n) is 3.62. The number of sulfonamides is 1. The van der Waals surface area contributed by atoms with Crippen LogP contribution in [-0.2, 0) is 14.8 Å². The Labute approximate surface area is 142 Å². The molecule has 1 amide bonds. The lowest BCUT2D eigenvalue weighted by atomic mass is 10.2. The zero-order valence-corrected chi connectivity index (χ0v) is 15.3. The van der Waals surface area contributed by atoms with Gasteiger partial charge in [0, 0.05) is 26.2 Å². The highest BCUT2D eigenvalue weighted by Crippen LogP contribution is 2.27. The second-order valence-electron chi connectivity index (χ2n) is 6.84. The van der Waals surface area contributed by atoms with Crippen molar-refractivity contribution >= 4 is 16.1 Å². The fourth-order valence-corrected chi connectivity index (χ4v) is 3.99. The van der Waals surface area contributed by atoms with E-state index in [0.29, 0.717) is 0 Å². The molecular weight excluding hydrogens is 332 g/mol. The molecule has 8 heteroatoms. The minimum atomic E-state index is -3.79. The van der Waals surface area contributed by atoms with Crippen molar-refractivity contribution in [3.63, 3.8) is 0 Å². The number of aryl methyl sites for hydroxylation is 1. The number of benzene rings is 1. The number of carbonyl (C=O) groups excluding carboxylic acids is 1. The van der Waals surface area contributed by atoms with Crippen molar-refractivity contribution in [1.29, 1.82) is 0 Å². The summed E-state index contributed by atoms with van der Waals surface area (Å²) >= 11 is 0. The summed E-state index contributed by atoms with van der Waals surface area (Å²) in [6.45, 7) is 7.94. The van der Waals surface area contributed by atoms with Gasteiger partial charge in [0.05, 0.1) is 0 Å². The Morgan fingerprint density at radius 3 is 2.29 bits per heavy atom. The number of piperazine rings is 1. The number of aromatic hydroxyl groups is 1. The predicted molar refractivity (Wildman–Crippen MR) is 89.4 cm³/mol. The monoisotopic (exact) mass is 356 g/mol. The number of nitrogens with zero attached hydrogens (tertiary/aromatic N) is 2. The molecule has 0 aromatic heterocycles. The quantitative estimate of drug-likeness (QED) is 0.875. The van der Waals surface area contributed by atoms with Crippen LogP contribution in [0.25, 0.3) is 0 Å². The van der Waals surface area contributed by atoms with Gasteiger partial charge in [0.25, 0.3) is 0 Å². The van der Waals surface area contributed by atoms with Gasteiger partial charge in [-0.3, -0.25) is 0 Å². The molecule has 0 atom stereocenters. The maximum Gasteiger partial charge on any atom is 0.410 e. The molecule has 134 valence electrons. The van der Waals surface area contributed by atoms with Gasteiger partial charge in [-0.15, -0.1) is 0 Å². The Kier molecular flexibility index (Phi) is 5.10. The summed E-state index contributed by atoms with van der Waals surface area (Å²) in [5.41, 5.74) is 0.159.